The van der Waals surface area contributed by atoms with Gasteiger partial charge in [0.1, 0.15) is 0 Å². The zero-order valence-corrected chi connectivity index (χ0v) is 13.0. The summed E-state index contributed by atoms with van der Waals surface area (Å²) < 4.78 is 38.8. The highest BCUT2D eigenvalue weighted by Gasteiger charge is 2.42. The zero-order valence-electron chi connectivity index (χ0n) is 13.0. The lowest BCUT2D eigenvalue weighted by Gasteiger charge is -2.28. The number of hydrogen-bond acceptors (Lipinski definition) is 1. The van der Waals surface area contributed by atoms with E-state index in [1.54, 1.807) is 0 Å². The van der Waals surface area contributed by atoms with Gasteiger partial charge in [-0.15, -0.1) is 0 Å². The van der Waals surface area contributed by atoms with Crippen LogP contribution in [0, 0.1) is 17.8 Å². The zero-order chi connectivity index (χ0) is 16.6. The lowest BCUT2D eigenvalue weighted by Crippen LogP contribution is -2.42. The molecule has 0 spiro atoms. The van der Waals surface area contributed by atoms with Gasteiger partial charge in [-0.1, -0.05) is 18.6 Å². The van der Waals surface area contributed by atoms with Gasteiger partial charge in [-0.05, 0) is 56.1 Å². The topological polar surface area (TPSA) is 41.1 Å². The normalized spacial score (nSPS) is 27.7. The van der Waals surface area contributed by atoms with Crippen molar-refractivity contribution in [2.24, 2.45) is 17.8 Å². The molecule has 4 unspecified atom stereocenters. The standard InChI is InChI=1S/C17H21F3N2O/c1-10(13-9-11-6-7-12(13)8-11)21-16(23)22-15-5-3-2-4-14(15)17(18,19)20/h2-5,10-13H,6-9H2,1H3,(H2,21,22,23). The highest BCUT2D eigenvalue weighted by Crippen LogP contribution is 2.49. The van der Waals surface area contributed by atoms with E-state index in [1.165, 1.54) is 37.5 Å². The lowest BCUT2D eigenvalue weighted by atomic mass is 9.84. The summed E-state index contributed by atoms with van der Waals surface area (Å²) >= 11 is 0. The molecular formula is C17H21F3N2O. The Hall–Kier alpha value is -1.72. The molecule has 2 aliphatic rings. The van der Waals surface area contributed by atoms with Crippen molar-refractivity contribution in [2.75, 3.05) is 5.32 Å². The number of amides is 2. The molecule has 3 rings (SSSR count). The van der Waals surface area contributed by atoms with E-state index >= 15 is 0 Å². The van der Waals surface area contributed by atoms with Crippen molar-refractivity contribution < 1.29 is 18.0 Å². The van der Waals surface area contributed by atoms with Crippen LogP contribution in [0.1, 0.15) is 38.2 Å². The number of rotatable bonds is 3. The molecule has 0 aromatic heterocycles. The van der Waals surface area contributed by atoms with Crippen molar-refractivity contribution in [1.82, 2.24) is 5.32 Å². The van der Waals surface area contributed by atoms with Crippen molar-refractivity contribution in [2.45, 2.75) is 44.8 Å². The van der Waals surface area contributed by atoms with Crippen molar-refractivity contribution in [3.8, 4) is 0 Å². The maximum Gasteiger partial charge on any atom is 0.418 e. The van der Waals surface area contributed by atoms with Crippen LogP contribution in [0.4, 0.5) is 23.7 Å². The third-order valence-electron chi connectivity index (χ3n) is 5.27. The van der Waals surface area contributed by atoms with Crippen molar-refractivity contribution >= 4 is 11.7 Å². The molecule has 4 atom stereocenters. The summed E-state index contributed by atoms with van der Waals surface area (Å²) in [4.78, 5) is 12.1. The van der Waals surface area contributed by atoms with Crippen LogP contribution in [0.5, 0.6) is 0 Å². The monoisotopic (exact) mass is 326 g/mol. The fourth-order valence-electron chi connectivity index (χ4n) is 4.22. The second kappa shape index (κ2) is 6.06. The Bertz CT molecular complexity index is 587. The predicted octanol–water partition coefficient (Wildman–Crippen LogP) is 4.65. The van der Waals surface area contributed by atoms with Gasteiger partial charge in [-0.2, -0.15) is 13.2 Å². The Kier molecular flexibility index (Phi) is 4.25. The van der Waals surface area contributed by atoms with Crippen LogP contribution >= 0.6 is 0 Å². The Balaban J connectivity index is 1.62. The SMILES string of the molecule is CC(NC(=O)Nc1ccccc1C(F)(F)F)C1CC2CCC1C2. The molecule has 0 aliphatic heterocycles. The molecule has 2 N–H and O–H groups in total. The van der Waals surface area contributed by atoms with E-state index in [9.17, 15) is 18.0 Å². The van der Waals surface area contributed by atoms with Crippen LogP contribution in [0.3, 0.4) is 0 Å². The number of carbonyl (C=O) groups is 1. The van der Waals surface area contributed by atoms with Crippen LogP contribution in [0.25, 0.3) is 0 Å². The quantitative estimate of drug-likeness (QED) is 0.834. The van der Waals surface area contributed by atoms with Crippen LogP contribution < -0.4 is 10.6 Å². The van der Waals surface area contributed by atoms with Crippen LogP contribution in [0.2, 0.25) is 0 Å². The van der Waals surface area contributed by atoms with Crippen LogP contribution in [-0.2, 0) is 6.18 Å². The van der Waals surface area contributed by atoms with Gasteiger partial charge in [-0.25, -0.2) is 4.79 Å². The van der Waals surface area contributed by atoms with Gasteiger partial charge >= 0.3 is 12.2 Å². The molecule has 23 heavy (non-hydrogen) atoms. The molecule has 126 valence electrons. The third kappa shape index (κ3) is 3.46. The van der Waals surface area contributed by atoms with E-state index in [4.69, 9.17) is 0 Å². The van der Waals surface area contributed by atoms with Gasteiger partial charge in [0, 0.05) is 6.04 Å². The molecular weight excluding hydrogens is 305 g/mol. The number of urea groups is 1. The summed E-state index contributed by atoms with van der Waals surface area (Å²) in [7, 11) is 0. The molecule has 0 radical (unpaired) electrons. The Labute approximate surface area is 133 Å². The average Bonchev–Trinajstić information content (AvgIpc) is 3.09. The summed E-state index contributed by atoms with van der Waals surface area (Å²) in [5.74, 6) is 1.86. The number of nitrogens with one attached hydrogen (secondary N) is 2. The minimum atomic E-state index is -4.49. The molecule has 0 heterocycles. The van der Waals surface area contributed by atoms with Gasteiger partial charge in [0.05, 0.1) is 11.3 Å². The van der Waals surface area contributed by atoms with E-state index in [0.717, 1.165) is 18.4 Å². The highest BCUT2D eigenvalue weighted by molar-refractivity contribution is 5.90. The van der Waals surface area contributed by atoms with Gasteiger partial charge in [-0.3, -0.25) is 0 Å². The molecule has 6 heteroatoms. The summed E-state index contributed by atoms with van der Waals surface area (Å²) in [5, 5.41) is 5.16. The fourth-order valence-corrected chi connectivity index (χ4v) is 4.22. The number of anilines is 1. The molecule has 2 amide bonds. The Morgan fingerprint density at radius 2 is 1.96 bits per heavy atom. The van der Waals surface area contributed by atoms with E-state index in [0.29, 0.717) is 11.8 Å². The fraction of sp³-hybridized carbons (Fsp3) is 0.588. The summed E-state index contributed by atoms with van der Waals surface area (Å²) in [6.07, 6.45) is 0.347. The molecule has 0 saturated heterocycles. The van der Waals surface area contributed by atoms with E-state index < -0.39 is 17.8 Å². The maximum absolute atomic E-state index is 12.9. The molecule has 1 aromatic rings. The average molecular weight is 326 g/mol. The number of para-hydroxylation sites is 1. The smallest absolute Gasteiger partial charge is 0.335 e. The number of benzene rings is 1. The second-order valence-electron chi connectivity index (χ2n) is 6.77. The third-order valence-corrected chi connectivity index (χ3v) is 5.27. The predicted molar refractivity (Wildman–Crippen MR) is 82.0 cm³/mol. The van der Waals surface area contributed by atoms with Crippen molar-refractivity contribution in [1.29, 1.82) is 0 Å². The largest absolute Gasteiger partial charge is 0.418 e. The number of carbonyl (C=O) groups excluding carboxylic acids is 1. The number of halogens is 3. The second-order valence-corrected chi connectivity index (χ2v) is 6.77. The minimum Gasteiger partial charge on any atom is -0.335 e. The summed E-state index contributed by atoms with van der Waals surface area (Å²) in [6.45, 7) is 1.95. The van der Waals surface area contributed by atoms with E-state index in [-0.39, 0.29) is 11.7 Å². The highest BCUT2D eigenvalue weighted by atomic mass is 19.4. The first-order chi connectivity index (χ1) is 10.8. The van der Waals surface area contributed by atoms with Gasteiger partial charge in [0.15, 0.2) is 0 Å². The Morgan fingerprint density at radius 1 is 1.22 bits per heavy atom. The maximum atomic E-state index is 12.9. The first kappa shape index (κ1) is 16.1. The van der Waals surface area contributed by atoms with Gasteiger partial charge in [0.25, 0.3) is 0 Å². The first-order valence-corrected chi connectivity index (χ1v) is 8.08. The number of alkyl halides is 3. The molecule has 2 saturated carbocycles. The van der Waals surface area contributed by atoms with Gasteiger partial charge < -0.3 is 10.6 Å². The van der Waals surface area contributed by atoms with E-state index in [2.05, 4.69) is 10.6 Å². The number of fused-ring (bicyclic) bond motifs is 2. The lowest BCUT2D eigenvalue weighted by molar-refractivity contribution is -0.136. The molecule has 3 nitrogen and oxygen atoms in total. The molecule has 2 fully saturated rings. The summed E-state index contributed by atoms with van der Waals surface area (Å²) in [6, 6.07) is 4.42. The van der Waals surface area contributed by atoms with Crippen molar-refractivity contribution in [3.63, 3.8) is 0 Å². The first-order valence-electron chi connectivity index (χ1n) is 8.08. The van der Waals surface area contributed by atoms with Gasteiger partial charge in [0.2, 0.25) is 0 Å². The molecule has 2 bridgehead atoms. The van der Waals surface area contributed by atoms with Crippen molar-refractivity contribution in [3.05, 3.63) is 29.8 Å². The molecule has 2 aliphatic carbocycles. The molecule has 1 aromatic carbocycles. The number of hydrogen-bond donors (Lipinski definition) is 2. The van der Waals surface area contributed by atoms with Crippen LogP contribution in [-0.4, -0.2) is 12.1 Å². The minimum absolute atomic E-state index is 0.0247. The summed E-state index contributed by atoms with van der Waals surface area (Å²) in [5.41, 5.74) is -1.04. The van der Waals surface area contributed by atoms with E-state index in [1.807, 2.05) is 6.92 Å². The Morgan fingerprint density at radius 3 is 2.57 bits per heavy atom. The van der Waals surface area contributed by atoms with Crippen LogP contribution in [0.15, 0.2) is 24.3 Å².